The lowest BCUT2D eigenvalue weighted by Crippen LogP contribution is -2.29. The highest BCUT2D eigenvalue weighted by atomic mass is 32.2. The second-order valence-electron chi connectivity index (χ2n) is 6.90. The average molecular weight is 351 g/mol. The van der Waals surface area contributed by atoms with E-state index in [4.69, 9.17) is 5.73 Å². The third-order valence-electron chi connectivity index (χ3n) is 5.20. The van der Waals surface area contributed by atoms with E-state index in [1.807, 2.05) is 0 Å². The van der Waals surface area contributed by atoms with E-state index in [2.05, 4.69) is 10.0 Å². The second-order valence-corrected chi connectivity index (χ2v) is 8.67. The molecule has 1 aromatic rings. The van der Waals surface area contributed by atoms with Gasteiger partial charge in [0.25, 0.3) is 0 Å². The van der Waals surface area contributed by atoms with Gasteiger partial charge in [0.2, 0.25) is 15.9 Å². The largest absolute Gasteiger partial charge is 0.329 e. The van der Waals surface area contributed by atoms with Gasteiger partial charge in [-0.05, 0) is 55.2 Å². The molecule has 0 aromatic heterocycles. The van der Waals surface area contributed by atoms with Crippen molar-refractivity contribution in [3.63, 3.8) is 0 Å². The van der Waals surface area contributed by atoms with E-state index in [0.29, 0.717) is 23.9 Å². The smallest absolute Gasteiger partial charge is 0.240 e. The molecule has 0 aliphatic heterocycles. The van der Waals surface area contributed by atoms with E-state index in [1.54, 1.807) is 12.1 Å². The summed E-state index contributed by atoms with van der Waals surface area (Å²) in [6, 6.07) is 6.33. The van der Waals surface area contributed by atoms with Crippen LogP contribution >= 0.6 is 0 Å². The van der Waals surface area contributed by atoms with Gasteiger partial charge in [-0.1, -0.05) is 12.5 Å². The summed E-state index contributed by atoms with van der Waals surface area (Å²) in [6.45, 7) is 0.419. The number of carbonyl (C=O) groups is 1. The summed E-state index contributed by atoms with van der Waals surface area (Å²) in [4.78, 5) is 12.4. The Bertz CT molecular complexity index is 705. The summed E-state index contributed by atoms with van der Waals surface area (Å²) >= 11 is 0. The molecule has 2 bridgehead atoms. The zero-order chi connectivity index (χ0) is 17.2. The molecule has 4 N–H and O–H groups in total. The van der Waals surface area contributed by atoms with Crippen molar-refractivity contribution in [2.24, 2.45) is 23.5 Å². The Morgan fingerprint density at radius 2 is 2.08 bits per heavy atom. The summed E-state index contributed by atoms with van der Waals surface area (Å²) < 4.78 is 26.6. The number of hydrogen-bond donors (Lipinski definition) is 3. The molecule has 0 heterocycles. The molecule has 7 heteroatoms. The molecule has 0 radical (unpaired) electrons. The SMILES string of the molecule is NCCNS(=O)(=O)c1cccc(NC(=O)CC2CC3CCC2C3)c1. The molecule has 6 nitrogen and oxygen atoms in total. The quantitative estimate of drug-likeness (QED) is 0.696. The average Bonchev–Trinajstić information content (AvgIpc) is 3.16. The van der Waals surface area contributed by atoms with Crippen molar-refractivity contribution < 1.29 is 13.2 Å². The Labute approximate surface area is 143 Å². The second kappa shape index (κ2) is 7.21. The fourth-order valence-electron chi connectivity index (χ4n) is 4.09. The zero-order valence-electron chi connectivity index (χ0n) is 13.7. The van der Waals surface area contributed by atoms with Crippen LogP contribution < -0.4 is 15.8 Å². The first-order chi connectivity index (χ1) is 11.5. The maximum absolute atomic E-state index is 12.3. The van der Waals surface area contributed by atoms with Crippen molar-refractivity contribution in [1.82, 2.24) is 4.72 Å². The lowest BCUT2D eigenvalue weighted by atomic mass is 9.86. The number of benzene rings is 1. The van der Waals surface area contributed by atoms with Crippen LogP contribution in [-0.4, -0.2) is 27.4 Å². The number of hydrogen-bond acceptors (Lipinski definition) is 4. The van der Waals surface area contributed by atoms with E-state index in [1.165, 1.54) is 31.4 Å². The fourth-order valence-corrected chi connectivity index (χ4v) is 5.19. The molecule has 2 aliphatic carbocycles. The Kier molecular flexibility index (Phi) is 5.22. The highest BCUT2D eigenvalue weighted by molar-refractivity contribution is 7.89. The van der Waals surface area contributed by atoms with Gasteiger partial charge in [0.05, 0.1) is 4.90 Å². The van der Waals surface area contributed by atoms with Gasteiger partial charge < -0.3 is 11.1 Å². The molecular formula is C17H25N3O3S. The number of rotatable bonds is 7. The fraction of sp³-hybridized carbons (Fsp3) is 0.588. The first-order valence-corrected chi connectivity index (χ1v) is 10.1. The van der Waals surface area contributed by atoms with E-state index in [9.17, 15) is 13.2 Å². The number of amides is 1. The molecule has 1 amide bonds. The predicted molar refractivity (Wildman–Crippen MR) is 92.9 cm³/mol. The molecule has 2 fully saturated rings. The van der Waals surface area contributed by atoms with Crippen LogP contribution in [0, 0.1) is 17.8 Å². The number of sulfonamides is 1. The van der Waals surface area contributed by atoms with Crippen molar-refractivity contribution in [3.05, 3.63) is 24.3 Å². The number of nitrogens with two attached hydrogens (primary N) is 1. The van der Waals surface area contributed by atoms with Gasteiger partial charge in [0.1, 0.15) is 0 Å². The van der Waals surface area contributed by atoms with Crippen LogP contribution in [0.1, 0.15) is 32.1 Å². The Hall–Kier alpha value is -1.44. The molecule has 2 saturated carbocycles. The minimum atomic E-state index is -3.59. The van der Waals surface area contributed by atoms with Crippen LogP contribution in [0.2, 0.25) is 0 Å². The molecule has 3 atom stereocenters. The lowest BCUT2D eigenvalue weighted by Gasteiger charge is -2.21. The normalized spacial score (nSPS) is 25.8. The van der Waals surface area contributed by atoms with Crippen LogP contribution in [0.15, 0.2) is 29.2 Å². The summed E-state index contributed by atoms with van der Waals surface area (Å²) in [5, 5.41) is 2.84. The third-order valence-corrected chi connectivity index (χ3v) is 6.66. The van der Waals surface area contributed by atoms with E-state index in [-0.39, 0.29) is 23.9 Å². The van der Waals surface area contributed by atoms with Crippen LogP contribution in [0.3, 0.4) is 0 Å². The summed E-state index contributed by atoms with van der Waals surface area (Å²) in [5.74, 6) is 1.97. The number of anilines is 1. The first kappa shape index (κ1) is 17.4. The van der Waals surface area contributed by atoms with Crippen molar-refractivity contribution in [2.45, 2.75) is 37.0 Å². The van der Waals surface area contributed by atoms with Crippen molar-refractivity contribution in [3.8, 4) is 0 Å². The molecular weight excluding hydrogens is 326 g/mol. The minimum absolute atomic E-state index is 0.0305. The molecule has 2 aliphatic rings. The van der Waals surface area contributed by atoms with Crippen molar-refractivity contribution in [1.29, 1.82) is 0 Å². The van der Waals surface area contributed by atoms with Crippen LogP contribution in [0.4, 0.5) is 5.69 Å². The molecule has 0 saturated heterocycles. The van der Waals surface area contributed by atoms with Gasteiger partial charge in [-0.3, -0.25) is 4.79 Å². The topological polar surface area (TPSA) is 101 Å². The maximum atomic E-state index is 12.3. The van der Waals surface area contributed by atoms with Crippen LogP contribution in [0.25, 0.3) is 0 Å². The van der Waals surface area contributed by atoms with Gasteiger partial charge in [0, 0.05) is 25.2 Å². The molecule has 3 rings (SSSR count). The number of fused-ring (bicyclic) bond motifs is 2. The highest BCUT2D eigenvalue weighted by Crippen LogP contribution is 2.49. The first-order valence-electron chi connectivity index (χ1n) is 8.57. The third kappa shape index (κ3) is 3.96. The van der Waals surface area contributed by atoms with Crippen molar-refractivity contribution in [2.75, 3.05) is 18.4 Å². The molecule has 1 aromatic carbocycles. The van der Waals surface area contributed by atoms with Crippen molar-refractivity contribution >= 4 is 21.6 Å². The monoisotopic (exact) mass is 351 g/mol. The number of nitrogens with one attached hydrogen (secondary N) is 2. The molecule has 0 spiro atoms. The molecule has 3 unspecified atom stereocenters. The van der Waals surface area contributed by atoms with Crippen LogP contribution in [-0.2, 0) is 14.8 Å². The van der Waals surface area contributed by atoms with Gasteiger partial charge in [0.15, 0.2) is 0 Å². The van der Waals surface area contributed by atoms with Gasteiger partial charge in [-0.25, -0.2) is 13.1 Å². The molecule has 24 heavy (non-hydrogen) atoms. The Morgan fingerprint density at radius 3 is 2.75 bits per heavy atom. The Balaban J connectivity index is 1.61. The van der Waals surface area contributed by atoms with Gasteiger partial charge >= 0.3 is 0 Å². The predicted octanol–water partition coefficient (Wildman–Crippen LogP) is 1.69. The molecule has 132 valence electrons. The van der Waals surface area contributed by atoms with Crippen LogP contribution in [0.5, 0.6) is 0 Å². The highest BCUT2D eigenvalue weighted by Gasteiger charge is 2.40. The standard InChI is InChI=1S/C17H25N3O3S/c18-6-7-19-24(22,23)16-3-1-2-15(11-16)20-17(21)10-14-9-12-4-5-13(14)8-12/h1-3,11-14,19H,4-10,18H2,(H,20,21). The minimum Gasteiger partial charge on any atom is -0.329 e. The van der Waals surface area contributed by atoms with E-state index >= 15 is 0 Å². The summed E-state index contributed by atoms with van der Waals surface area (Å²) in [7, 11) is -3.59. The summed E-state index contributed by atoms with van der Waals surface area (Å²) in [6.07, 6.45) is 5.54. The maximum Gasteiger partial charge on any atom is 0.240 e. The van der Waals surface area contributed by atoms with Gasteiger partial charge in [-0.15, -0.1) is 0 Å². The lowest BCUT2D eigenvalue weighted by molar-refractivity contribution is -0.117. The van der Waals surface area contributed by atoms with E-state index in [0.717, 1.165) is 12.3 Å². The zero-order valence-corrected chi connectivity index (χ0v) is 14.5. The summed E-state index contributed by atoms with van der Waals surface area (Å²) in [5.41, 5.74) is 5.84. The number of carbonyl (C=O) groups excluding carboxylic acids is 1. The Morgan fingerprint density at radius 1 is 1.25 bits per heavy atom. The van der Waals surface area contributed by atoms with E-state index < -0.39 is 10.0 Å². The van der Waals surface area contributed by atoms with Gasteiger partial charge in [-0.2, -0.15) is 0 Å².